The number of rotatable bonds is 10. The Bertz CT molecular complexity index is 497. The molecular weight excluding hydrogens is 280 g/mol. The maximum absolute atomic E-state index is 11.9. The van der Waals surface area contributed by atoms with Gasteiger partial charge in [-0.2, -0.15) is 0 Å². The number of carboxylic acid groups (broad SMARTS) is 1. The first-order valence-corrected chi connectivity index (χ1v) is 7.52. The number of hydrogen-bond acceptors (Lipinski definition) is 3. The van der Waals surface area contributed by atoms with Crippen LogP contribution in [0.5, 0.6) is 0 Å². The van der Waals surface area contributed by atoms with E-state index in [1.54, 1.807) is 6.08 Å². The minimum atomic E-state index is -1.05. The van der Waals surface area contributed by atoms with E-state index in [0.717, 1.165) is 19.3 Å². The molecule has 22 heavy (non-hydrogen) atoms. The number of hydrogen-bond donors (Lipinski definition) is 3. The number of carbonyl (C=O) groups is 2. The van der Waals surface area contributed by atoms with E-state index in [1.165, 1.54) is 5.56 Å². The van der Waals surface area contributed by atoms with Crippen LogP contribution in [0.4, 0.5) is 5.69 Å². The van der Waals surface area contributed by atoms with Gasteiger partial charge in [0.05, 0.1) is 6.42 Å². The Morgan fingerprint density at radius 1 is 1.32 bits per heavy atom. The number of aliphatic carboxylic acids is 1. The predicted molar refractivity (Wildman–Crippen MR) is 87.9 cm³/mol. The number of aryl methyl sites for hydroxylation is 1. The lowest BCUT2D eigenvalue weighted by Gasteiger charge is -2.13. The van der Waals surface area contributed by atoms with Gasteiger partial charge >= 0.3 is 5.97 Å². The quantitative estimate of drug-likeness (QED) is 0.581. The van der Waals surface area contributed by atoms with Crippen LogP contribution < -0.4 is 10.6 Å². The first-order chi connectivity index (χ1) is 10.6. The molecule has 0 aliphatic heterocycles. The van der Waals surface area contributed by atoms with Gasteiger partial charge in [-0.3, -0.25) is 9.59 Å². The van der Waals surface area contributed by atoms with Gasteiger partial charge in [-0.25, -0.2) is 0 Å². The molecule has 1 atom stereocenters. The van der Waals surface area contributed by atoms with Crippen molar-refractivity contribution in [2.75, 3.05) is 11.9 Å². The van der Waals surface area contributed by atoms with E-state index in [1.807, 2.05) is 24.3 Å². The smallest absolute Gasteiger partial charge is 0.321 e. The number of anilines is 1. The topological polar surface area (TPSA) is 78.4 Å². The van der Waals surface area contributed by atoms with Crippen LogP contribution in [0.1, 0.15) is 31.7 Å². The summed E-state index contributed by atoms with van der Waals surface area (Å²) in [5.74, 6) is -1.38. The summed E-state index contributed by atoms with van der Waals surface area (Å²) in [7, 11) is 0. The molecule has 0 heterocycles. The lowest BCUT2D eigenvalue weighted by Crippen LogP contribution is -2.39. The zero-order valence-corrected chi connectivity index (χ0v) is 13.0. The van der Waals surface area contributed by atoms with Crippen molar-refractivity contribution in [2.45, 2.75) is 38.6 Å². The number of unbranched alkanes of at least 4 members (excludes halogenated alkanes) is 1. The third kappa shape index (κ3) is 6.54. The monoisotopic (exact) mass is 304 g/mol. The Morgan fingerprint density at radius 2 is 2.00 bits per heavy atom. The highest BCUT2D eigenvalue weighted by atomic mass is 16.4. The highest BCUT2D eigenvalue weighted by Crippen LogP contribution is 2.12. The van der Waals surface area contributed by atoms with Crippen LogP contribution in [-0.2, 0) is 16.0 Å². The van der Waals surface area contributed by atoms with E-state index in [-0.39, 0.29) is 12.3 Å². The summed E-state index contributed by atoms with van der Waals surface area (Å²) in [6, 6.07) is 6.74. The molecular formula is C17H24N2O3. The second-order valence-corrected chi connectivity index (χ2v) is 5.14. The average molecular weight is 304 g/mol. The highest BCUT2D eigenvalue weighted by molar-refractivity contribution is 5.94. The van der Waals surface area contributed by atoms with E-state index in [9.17, 15) is 9.59 Å². The molecule has 3 N–H and O–H groups in total. The third-order valence-corrected chi connectivity index (χ3v) is 3.25. The second kappa shape index (κ2) is 9.73. The molecule has 120 valence electrons. The van der Waals surface area contributed by atoms with Crippen molar-refractivity contribution in [1.82, 2.24) is 5.32 Å². The van der Waals surface area contributed by atoms with Crippen LogP contribution in [0.2, 0.25) is 0 Å². The van der Waals surface area contributed by atoms with Gasteiger partial charge in [-0.15, -0.1) is 6.58 Å². The molecule has 0 spiro atoms. The van der Waals surface area contributed by atoms with Crippen molar-refractivity contribution in [3.63, 3.8) is 0 Å². The van der Waals surface area contributed by atoms with E-state index in [0.29, 0.717) is 12.2 Å². The maximum Gasteiger partial charge on any atom is 0.321 e. The summed E-state index contributed by atoms with van der Waals surface area (Å²) in [6.07, 6.45) is 4.74. The molecule has 1 aromatic rings. The second-order valence-electron chi connectivity index (χ2n) is 5.14. The van der Waals surface area contributed by atoms with Crippen molar-refractivity contribution >= 4 is 17.6 Å². The third-order valence-electron chi connectivity index (χ3n) is 3.25. The Balaban J connectivity index is 2.52. The van der Waals surface area contributed by atoms with Crippen LogP contribution in [0.25, 0.3) is 0 Å². The zero-order chi connectivity index (χ0) is 16.4. The maximum atomic E-state index is 11.9. The molecule has 0 bridgehead atoms. The van der Waals surface area contributed by atoms with Crippen LogP contribution in [0, 0.1) is 0 Å². The number of carboxylic acids is 1. The predicted octanol–water partition coefficient (Wildman–Crippen LogP) is 2.59. The van der Waals surface area contributed by atoms with E-state index >= 15 is 0 Å². The van der Waals surface area contributed by atoms with Crippen LogP contribution in [0.3, 0.4) is 0 Å². The summed E-state index contributed by atoms with van der Waals surface area (Å²) in [6.45, 7) is 6.00. The standard InChI is InChI=1S/C17H24N2O3/c1-3-5-6-13-7-9-14(10-8-13)19-16(20)12-15(17(21)22)18-11-4-2/h4,7-10,15,18H,2-3,5-6,11-12H2,1H3,(H,19,20)(H,21,22). The molecule has 5 nitrogen and oxygen atoms in total. The van der Waals surface area contributed by atoms with Crippen LogP contribution in [-0.4, -0.2) is 29.6 Å². The molecule has 1 amide bonds. The van der Waals surface area contributed by atoms with Gasteiger partial charge in [-0.05, 0) is 30.5 Å². The molecule has 5 heteroatoms. The fourth-order valence-corrected chi connectivity index (χ4v) is 2.01. The first kappa shape index (κ1) is 17.9. The lowest BCUT2D eigenvalue weighted by molar-refractivity contribution is -0.140. The van der Waals surface area contributed by atoms with Gasteiger partial charge < -0.3 is 15.7 Å². The van der Waals surface area contributed by atoms with Crippen molar-refractivity contribution < 1.29 is 14.7 Å². The molecule has 0 fully saturated rings. The van der Waals surface area contributed by atoms with Gasteiger partial charge in [0, 0.05) is 12.2 Å². The molecule has 0 aromatic heterocycles. The van der Waals surface area contributed by atoms with Gasteiger partial charge in [0.1, 0.15) is 6.04 Å². The molecule has 1 aromatic carbocycles. The molecule has 1 unspecified atom stereocenters. The Kier molecular flexibility index (Phi) is 7.92. The average Bonchev–Trinajstić information content (AvgIpc) is 2.50. The Hall–Kier alpha value is -2.14. The minimum absolute atomic E-state index is 0.124. The summed E-state index contributed by atoms with van der Waals surface area (Å²) in [4.78, 5) is 23.0. The van der Waals surface area contributed by atoms with Gasteiger partial charge in [0.25, 0.3) is 0 Å². The van der Waals surface area contributed by atoms with E-state index < -0.39 is 12.0 Å². The van der Waals surface area contributed by atoms with Crippen molar-refractivity contribution in [1.29, 1.82) is 0 Å². The molecule has 0 saturated heterocycles. The summed E-state index contributed by atoms with van der Waals surface area (Å²) in [5.41, 5.74) is 1.91. The first-order valence-electron chi connectivity index (χ1n) is 7.52. The molecule has 0 aliphatic carbocycles. The lowest BCUT2D eigenvalue weighted by atomic mass is 10.1. The molecule has 0 saturated carbocycles. The number of benzene rings is 1. The van der Waals surface area contributed by atoms with Gasteiger partial charge in [0.15, 0.2) is 0 Å². The highest BCUT2D eigenvalue weighted by Gasteiger charge is 2.20. The Labute approximate surface area is 131 Å². The number of amides is 1. The fraction of sp³-hybridized carbons (Fsp3) is 0.412. The normalized spacial score (nSPS) is 11.7. The largest absolute Gasteiger partial charge is 0.480 e. The zero-order valence-electron chi connectivity index (χ0n) is 13.0. The van der Waals surface area contributed by atoms with Crippen LogP contribution >= 0.6 is 0 Å². The fourth-order valence-electron chi connectivity index (χ4n) is 2.01. The van der Waals surface area contributed by atoms with Crippen molar-refractivity contribution in [3.05, 3.63) is 42.5 Å². The van der Waals surface area contributed by atoms with Crippen molar-refractivity contribution in [2.24, 2.45) is 0 Å². The van der Waals surface area contributed by atoms with Gasteiger partial charge in [0.2, 0.25) is 5.91 Å². The minimum Gasteiger partial charge on any atom is -0.480 e. The number of nitrogens with one attached hydrogen (secondary N) is 2. The van der Waals surface area contributed by atoms with E-state index in [2.05, 4.69) is 24.1 Å². The van der Waals surface area contributed by atoms with Gasteiger partial charge in [-0.1, -0.05) is 31.6 Å². The summed E-state index contributed by atoms with van der Waals surface area (Å²) in [5, 5.41) is 14.5. The van der Waals surface area contributed by atoms with Crippen LogP contribution in [0.15, 0.2) is 36.9 Å². The molecule has 0 aliphatic rings. The SMILES string of the molecule is C=CCNC(CC(=O)Nc1ccc(CCCC)cc1)C(=O)O. The van der Waals surface area contributed by atoms with E-state index in [4.69, 9.17) is 5.11 Å². The molecule has 1 rings (SSSR count). The Morgan fingerprint density at radius 3 is 2.55 bits per heavy atom. The molecule has 0 radical (unpaired) electrons. The summed E-state index contributed by atoms with van der Waals surface area (Å²) < 4.78 is 0. The number of carbonyl (C=O) groups excluding carboxylic acids is 1. The van der Waals surface area contributed by atoms with Crippen molar-refractivity contribution in [3.8, 4) is 0 Å². The summed E-state index contributed by atoms with van der Waals surface area (Å²) >= 11 is 0.